The molecule has 1 N–H and O–H groups in total. The van der Waals surface area contributed by atoms with Crippen molar-refractivity contribution in [2.75, 3.05) is 23.7 Å². The summed E-state index contributed by atoms with van der Waals surface area (Å²) in [5, 5.41) is 3.56. The molecule has 25 heavy (non-hydrogen) atoms. The summed E-state index contributed by atoms with van der Waals surface area (Å²) in [6.45, 7) is 0.930. The lowest BCUT2D eigenvalue weighted by atomic mass is 10.1. The van der Waals surface area contributed by atoms with E-state index in [1.165, 1.54) is 10.6 Å². The quantitative estimate of drug-likeness (QED) is 0.869. The van der Waals surface area contributed by atoms with Crippen LogP contribution in [0.25, 0.3) is 0 Å². The van der Waals surface area contributed by atoms with E-state index in [0.29, 0.717) is 42.2 Å². The second-order valence-electron chi connectivity index (χ2n) is 6.06. The number of hydrogen-bond acceptors (Lipinski definition) is 3. The number of nitrogens with one attached hydrogen (secondary N) is 1. The third kappa shape index (κ3) is 4.14. The molecule has 0 bridgehead atoms. The van der Waals surface area contributed by atoms with Gasteiger partial charge in [-0.25, -0.2) is 8.42 Å². The van der Waals surface area contributed by atoms with E-state index in [1.54, 1.807) is 18.2 Å². The maximum atomic E-state index is 12.3. The van der Waals surface area contributed by atoms with Crippen LogP contribution in [0.4, 0.5) is 5.69 Å². The lowest BCUT2D eigenvalue weighted by Gasteiger charge is -2.16. The zero-order valence-electron chi connectivity index (χ0n) is 13.8. The number of fused-ring (bicyclic) bond motifs is 1. The monoisotopic (exact) mass is 378 g/mol. The van der Waals surface area contributed by atoms with Crippen molar-refractivity contribution in [3.8, 4) is 0 Å². The van der Waals surface area contributed by atoms with Crippen LogP contribution < -0.4 is 9.62 Å². The maximum absolute atomic E-state index is 12.3. The summed E-state index contributed by atoms with van der Waals surface area (Å²) in [6.07, 6.45) is 2.50. The molecule has 0 saturated carbocycles. The van der Waals surface area contributed by atoms with Crippen molar-refractivity contribution in [2.45, 2.75) is 12.8 Å². The van der Waals surface area contributed by atoms with Crippen LogP contribution in [0.2, 0.25) is 5.02 Å². The molecule has 0 saturated heterocycles. The molecule has 0 fully saturated rings. The predicted octanol–water partition coefficient (Wildman–Crippen LogP) is 2.63. The Kier molecular flexibility index (Phi) is 5.01. The zero-order valence-corrected chi connectivity index (χ0v) is 15.4. The molecule has 2 aromatic rings. The highest BCUT2D eigenvalue weighted by atomic mass is 35.5. The van der Waals surface area contributed by atoms with Gasteiger partial charge < -0.3 is 5.32 Å². The van der Waals surface area contributed by atoms with E-state index in [0.717, 1.165) is 11.1 Å². The van der Waals surface area contributed by atoms with Gasteiger partial charge in [0.05, 0.1) is 11.9 Å². The third-order valence-corrected chi connectivity index (χ3v) is 5.60. The summed E-state index contributed by atoms with van der Waals surface area (Å²) in [7, 11) is -3.28. The highest BCUT2D eigenvalue weighted by molar-refractivity contribution is 7.92. The lowest BCUT2D eigenvalue weighted by Crippen LogP contribution is -2.27. The van der Waals surface area contributed by atoms with E-state index in [-0.39, 0.29) is 5.91 Å². The number of rotatable bonds is 5. The van der Waals surface area contributed by atoms with Crippen molar-refractivity contribution in [2.24, 2.45) is 0 Å². The Hall–Kier alpha value is -2.05. The number of anilines is 1. The first-order valence-electron chi connectivity index (χ1n) is 7.98. The van der Waals surface area contributed by atoms with Crippen LogP contribution in [0, 0.1) is 0 Å². The van der Waals surface area contributed by atoms with Gasteiger partial charge in [-0.1, -0.05) is 23.7 Å². The maximum Gasteiger partial charge on any atom is 0.251 e. The Morgan fingerprint density at radius 3 is 2.76 bits per heavy atom. The minimum absolute atomic E-state index is 0.164. The standard InChI is InChI=1S/C18H19ClN2O3S/c1-25(23,24)21-10-8-14-12-15(5-6-17(14)21)18(22)20-9-7-13-3-2-4-16(19)11-13/h2-6,11-12H,7-10H2,1H3,(H,20,22). The Balaban J connectivity index is 1.64. The summed E-state index contributed by atoms with van der Waals surface area (Å²) < 4.78 is 24.9. The topological polar surface area (TPSA) is 66.5 Å². The van der Waals surface area contributed by atoms with Gasteiger partial charge in [-0.05, 0) is 54.3 Å². The van der Waals surface area contributed by atoms with E-state index in [4.69, 9.17) is 11.6 Å². The van der Waals surface area contributed by atoms with E-state index < -0.39 is 10.0 Å². The van der Waals surface area contributed by atoms with Crippen molar-refractivity contribution in [3.05, 3.63) is 64.2 Å². The largest absolute Gasteiger partial charge is 0.352 e. The third-order valence-electron chi connectivity index (χ3n) is 4.18. The SMILES string of the molecule is CS(=O)(=O)N1CCc2cc(C(=O)NCCc3cccc(Cl)c3)ccc21. The molecule has 1 aliphatic heterocycles. The number of hydrogen-bond donors (Lipinski definition) is 1. The zero-order chi connectivity index (χ0) is 18.0. The second kappa shape index (κ2) is 7.06. The van der Waals surface area contributed by atoms with Crippen LogP contribution in [0.1, 0.15) is 21.5 Å². The summed E-state index contributed by atoms with van der Waals surface area (Å²) >= 11 is 5.95. The molecular weight excluding hydrogens is 360 g/mol. The van der Waals surface area contributed by atoms with E-state index in [2.05, 4.69) is 5.32 Å². The van der Waals surface area contributed by atoms with Gasteiger partial charge in [-0.3, -0.25) is 9.10 Å². The molecule has 0 spiro atoms. The number of sulfonamides is 1. The number of nitrogens with zero attached hydrogens (tertiary/aromatic N) is 1. The molecule has 2 aromatic carbocycles. The van der Waals surface area contributed by atoms with Crippen LogP contribution in [-0.4, -0.2) is 33.7 Å². The number of carbonyl (C=O) groups excluding carboxylic acids is 1. The van der Waals surface area contributed by atoms with Crippen LogP contribution in [0.5, 0.6) is 0 Å². The lowest BCUT2D eigenvalue weighted by molar-refractivity contribution is 0.0954. The molecular formula is C18H19ClN2O3S. The number of halogens is 1. The van der Waals surface area contributed by atoms with Crippen molar-refractivity contribution in [1.82, 2.24) is 5.32 Å². The molecule has 5 nitrogen and oxygen atoms in total. The van der Waals surface area contributed by atoms with Crippen molar-refractivity contribution >= 4 is 33.2 Å². The van der Waals surface area contributed by atoms with Gasteiger partial charge in [0.1, 0.15) is 0 Å². The highest BCUT2D eigenvalue weighted by Crippen LogP contribution is 2.30. The molecule has 0 aliphatic carbocycles. The van der Waals surface area contributed by atoms with Crippen molar-refractivity contribution in [3.63, 3.8) is 0 Å². The average molecular weight is 379 g/mol. The first kappa shape index (κ1) is 17.8. The van der Waals surface area contributed by atoms with Gasteiger partial charge in [0, 0.05) is 23.7 Å². The molecule has 0 atom stereocenters. The van der Waals surface area contributed by atoms with Gasteiger partial charge in [0.2, 0.25) is 10.0 Å². The van der Waals surface area contributed by atoms with E-state index in [1.807, 2.05) is 24.3 Å². The predicted molar refractivity (Wildman–Crippen MR) is 99.8 cm³/mol. The molecule has 1 amide bonds. The molecule has 132 valence electrons. The van der Waals surface area contributed by atoms with Crippen molar-refractivity contribution < 1.29 is 13.2 Å². The van der Waals surface area contributed by atoms with Crippen LogP contribution in [0.15, 0.2) is 42.5 Å². The Morgan fingerprint density at radius 1 is 1.24 bits per heavy atom. The Labute approximate surface area is 152 Å². The van der Waals surface area contributed by atoms with E-state index in [9.17, 15) is 13.2 Å². The average Bonchev–Trinajstić information content (AvgIpc) is 2.98. The fraction of sp³-hybridized carbons (Fsp3) is 0.278. The Bertz CT molecular complexity index is 912. The normalized spacial score (nSPS) is 13.6. The van der Waals surface area contributed by atoms with Crippen LogP contribution in [-0.2, 0) is 22.9 Å². The second-order valence-corrected chi connectivity index (χ2v) is 8.41. The van der Waals surface area contributed by atoms with Crippen LogP contribution in [0.3, 0.4) is 0 Å². The van der Waals surface area contributed by atoms with Gasteiger partial charge in [-0.15, -0.1) is 0 Å². The highest BCUT2D eigenvalue weighted by Gasteiger charge is 2.26. The number of amides is 1. The summed E-state index contributed by atoms with van der Waals surface area (Å²) in [5.41, 5.74) is 3.15. The molecule has 0 unspecified atom stereocenters. The fourth-order valence-corrected chi connectivity index (χ4v) is 4.14. The molecule has 1 aliphatic rings. The van der Waals surface area contributed by atoms with Gasteiger partial charge >= 0.3 is 0 Å². The minimum atomic E-state index is -3.28. The molecule has 0 radical (unpaired) electrons. The number of carbonyl (C=O) groups is 1. The summed E-state index contributed by atoms with van der Waals surface area (Å²) in [4.78, 5) is 12.3. The Morgan fingerprint density at radius 2 is 2.04 bits per heavy atom. The molecule has 0 aromatic heterocycles. The van der Waals surface area contributed by atoms with E-state index >= 15 is 0 Å². The fourth-order valence-electron chi connectivity index (χ4n) is 2.97. The van der Waals surface area contributed by atoms with Gasteiger partial charge in [0.15, 0.2) is 0 Å². The van der Waals surface area contributed by atoms with Crippen molar-refractivity contribution in [1.29, 1.82) is 0 Å². The first-order chi connectivity index (χ1) is 11.8. The van der Waals surface area contributed by atoms with Crippen LogP contribution >= 0.6 is 11.6 Å². The molecule has 1 heterocycles. The molecule has 7 heteroatoms. The van der Waals surface area contributed by atoms with Gasteiger partial charge in [-0.2, -0.15) is 0 Å². The minimum Gasteiger partial charge on any atom is -0.352 e. The first-order valence-corrected chi connectivity index (χ1v) is 10.2. The van der Waals surface area contributed by atoms with Gasteiger partial charge in [0.25, 0.3) is 5.91 Å². The summed E-state index contributed by atoms with van der Waals surface area (Å²) in [5.74, 6) is -0.164. The smallest absolute Gasteiger partial charge is 0.251 e. The number of benzene rings is 2. The summed E-state index contributed by atoms with van der Waals surface area (Å²) in [6, 6.07) is 12.7. The molecule has 3 rings (SSSR count).